The molecular formula is C25H24N4O5S3. The number of anilines is 3. The van der Waals surface area contributed by atoms with Crippen molar-refractivity contribution in [1.82, 2.24) is 4.98 Å². The number of aryl methyl sites for hydroxylation is 3. The Morgan fingerprint density at radius 1 is 0.784 bits per heavy atom. The number of sulfonamides is 2. The second-order valence-electron chi connectivity index (χ2n) is 8.38. The van der Waals surface area contributed by atoms with Gasteiger partial charge in [0.25, 0.3) is 26.0 Å². The van der Waals surface area contributed by atoms with Gasteiger partial charge in [0.05, 0.1) is 9.79 Å². The summed E-state index contributed by atoms with van der Waals surface area (Å²) in [5.41, 5.74) is 3.23. The molecule has 0 saturated carbocycles. The van der Waals surface area contributed by atoms with Gasteiger partial charge in [-0.15, -0.1) is 11.3 Å². The van der Waals surface area contributed by atoms with Gasteiger partial charge in [0.2, 0.25) is 0 Å². The summed E-state index contributed by atoms with van der Waals surface area (Å²) in [6, 6.07) is 15.4. The minimum atomic E-state index is -3.96. The molecule has 0 bridgehead atoms. The fourth-order valence-electron chi connectivity index (χ4n) is 3.64. The van der Waals surface area contributed by atoms with E-state index in [1.807, 2.05) is 19.9 Å². The number of benzene rings is 3. The first-order valence-corrected chi connectivity index (χ1v) is 14.8. The second kappa shape index (κ2) is 10.3. The standard InChI is InChI=1S/C25H24N4O5S3/c1-16-12-17(2)14-21(13-16)28-37(33,34)23-15-19(5-4-18(23)3)24(30)27-20-6-8-22(9-7-20)36(31,32)29-25-26-10-11-35-25/h4-15,28H,1-3H3,(H,26,29)(H,27,30). The molecule has 4 aromatic rings. The van der Waals surface area contributed by atoms with Gasteiger partial charge in [-0.3, -0.25) is 14.2 Å². The largest absolute Gasteiger partial charge is 0.322 e. The maximum atomic E-state index is 13.1. The van der Waals surface area contributed by atoms with E-state index in [9.17, 15) is 21.6 Å². The smallest absolute Gasteiger partial charge is 0.263 e. The van der Waals surface area contributed by atoms with Crippen molar-refractivity contribution >= 4 is 53.8 Å². The number of carbonyl (C=O) groups excluding carboxylic acids is 1. The highest BCUT2D eigenvalue weighted by Gasteiger charge is 2.20. The predicted molar refractivity (Wildman–Crippen MR) is 145 cm³/mol. The van der Waals surface area contributed by atoms with Gasteiger partial charge in [0.15, 0.2) is 5.13 Å². The van der Waals surface area contributed by atoms with Gasteiger partial charge < -0.3 is 5.32 Å². The lowest BCUT2D eigenvalue weighted by atomic mass is 10.1. The Balaban J connectivity index is 1.51. The van der Waals surface area contributed by atoms with Crippen molar-refractivity contribution in [3.8, 4) is 0 Å². The minimum Gasteiger partial charge on any atom is -0.322 e. The van der Waals surface area contributed by atoms with E-state index in [-0.39, 0.29) is 20.5 Å². The molecule has 0 radical (unpaired) electrons. The maximum absolute atomic E-state index is 13.1. The molecule has 3 aromatic carbocycles. The second-order valence-corrected chi connectivity index (χ2v) is 12.6. The number of nitrogens with one attached hydrogen (secondary N) is 3. The molecule has 0 aliphatic heterocycles. The summed E-state index contributed by atoms with van der Waals surface area (Å²) < 4.78 is 56.2. The fraction of sp³-hybridized carbons (Fsp3) is 0.120. The van der Waals surface area contributed by atoms with Gasteiger partial charge in [-0.25, -0.2) is 21.8 Å². The molecule has 37 heavy (non-hydrogen) atoms. The van der Waals surface area contributed by atoms with Gasteiger partial charge in [-0.05, 0) is 86.0 Å². The predicted octanol–water partition coefficient (Wildman–Crippen LogP) is 4.92. The molecule has 9 nitrogen and oxygen atoms in total. The molecule has 1 heterocycles. The summed E-state index contributed by atoms with van der Waals surface area (Å²) in [5, 5.41) is 4.56. The average Bonchev–Trinajstić information content (AvgIpc) is 3.31. The van der Waals surface area contributed by atoms with Crippen LogP contribution < -0.4 is 14.8 Å². The van der Waals surface area contributed by atoms with E-state index in [1.165, 1.54) is 42.6 Å². The van der Waals surface area contributed by atoms with Gasteiger partial charge in [0, 0.05) is 28.5 Å². The molecule has 1 amide bonds. The van der Waals surface area contributed by atoms with E-state index in [1.54, 1.807) is 30.5 Å². The molecular weight excluding hydrogens is 532 g/mol. The van der Waals surface area contributed by atoms with Crippen molar-refractivity contribution in [2.24, 2.45) is 0 Å². The number of amides is 1. The monoisotopic (exact) mass is 556 g/mol. The SMILES string of the molecule is Cc1cc(C)cc(NS(=O)(=O)c2cc(C(=O)Nc3ccc(S(=O)(=O)Nc4nccs4)cc3)ccc2C)c1. The Kier molecular flexibility index (Phi) is 7.35. The molecule has 0 atom stereocenters. The van der Waals surface area contributed by atoms with Gasteiger partial charge in [0.1, 0.15) is 0 Å². The fourth-order valence-corrected chi connectivity index (χ4v) is 6.74. The summed E-state index contributed by atoms with van der Waals surface area (Å²) in [7, 11) is -7.79. The van der Waals surface area contributed by atoms with Crippen LogP contribution in [0, 0.1) is 20.8 Å². The Morgan fingerprint density at radius 3 is 2.08 bits per heavy atom. The summed E-state index contributed by atoms with van der Waals surface area (Å²) in [5.74, 6) is -0.542. The first-order chi connectivity index (χ1) is 17.4. The van der Waals surface area contributed by atoms with Crippen LogP contribution in [0.25, 0.3) is 0 Å². The molecule has 192 valence electrons. The van der Waals surface area contributed by atoms with E-state index >= 15 is 0 Å². The Hall–Kier alpha value is -3.74. The summed E-state index contributed by atoms with van der Waals surface area (Å²) in [4.78, 5) is 16.8. The molecule has 0 aliphatic carbocycles. The van der Waals surface area contributed by atoms with Crippen LogP contribution in [0.15, 0.2) is 82.0 Å². The zero-order valence-electron chi connectivity index (χ0n) is 20.1. The van der Waals surface area contributed by atoms with Crippen LogP contribution in [-0.2, 0) is 20.0 Å². The van der Waals surface area contributed by atoms with Crippen LogP contribution in [0.5, 0.6) is 0 Å². The third kappa shape index (κ3) is 6.34. The van der Waals surface area contributed by atoms with Crippen molar-refractivity contribution in [1.29, 1.82) is 0 Å². The number of thiazole rings is 1. The van der Waals surface area contributed by atoms with E-state index in [0.717, 1.165) is 22.5 Å². The highest BCUT2D eigenvalue weighted by atomic mass is 32.2. The average molecular weight is 557 g/mol. The summed E-state index contributed by atoms with van der Waals surface area (Å²) >= 11 is 1.15. The van der Waals surface area contributed by atoms with Crippen molar-refractivity contribution in [3.63, 3.8) is 0 Å². The van der Waals surface area contributed by atoms with E-state index < -0.39 is 26.0 Å². The highest BCUT2D eigenvalue weighted by molar-refractivity contribution is 7.93. The third-order valence-electron chi connectivity index (χ3n) is 5.29. The van der Waals surface area contributed by atoms with E-state index in [4.69, 9.17) is 0 Å². The van der Waals surface area contributed by atoms with Crippen molar-refractivity contribution in [2.45, 2.75) is 30.6 Å². The number of hydrogen-bond acceptors (Lipinski definition) is 7. The molecule has 0 unspecified atom stereocenters. The minimum absolute atomic E-state index is 0.00174. The topological polar surface area (TPSA) is 134 Å². The van der Waals surface area contributed by atoms with Crippen molar-refractivity contribution in [3.05, 3.63) is 94.5 Å². The first-order valence-electron chi connectivity index (χ1n) is 11.0. The number of carbonyl (C=O) groups is 1. The highest BCUT2D eigenvalue weighted by Crippen LogP contribution is 2.24. The van der Waals surface area contributed by atoms with Crippen LogP contribution in [0.1, 0.15) is 27.0 Å². The van der Waals surface area contributed by atoms with Crippen LogP contribution in [0.4, 0.5) is 16.5 Å². The molecule has 0 saturated heterocycles. The lowest BCUT2D eigenvalue weighted by molar-refractivity contribution is 0.102. The van der Waals surface area contributed by atoms with Crippen molar-refractivity contribution in [2.75, 3.05) is 14.8 Å². The van der Waals surface area contributed by atoms with Gasteiger partial charge in [-0.1, -0.05) is 12.1 Å². The summed E-state index contributed by atoms with van der Waals surface area (Å²) in [6.45, 7) is 5.40. The lowest BCUT2D eigenvalue weighted by Gasteiger charge is -2.13. The van der Waals surface area contributed by atoms with Crippen LogP contribution >= 0.6 is 11.3 Å². The molecule has 4 rings (SSSR count). The Bertz CT molecular complexity index is 1650. The van der Waals surface area contributed by atoms with E-state index in [0.29, 0.717) is 16.9 Å². The number of hydrogen-bond donors (Lipinski definition) is 3. The summed E-state index contributed by atoms with van der Waals surface area (Å²) in [6.07, 6.45) is 1.49. The van der Waals surface area contributed by atoms with Crippen LogP contribution in [0.2, 0.25) is 0 Å². The van der Waals surface area contributed by atoms with Crippen LogP contribution in [-0.4, -0.2) is 27.7 Å². The van der Waals surface area contributed by atoms with Gasteiger partial charge >= 0.3 is 0 Å². The van der Waals surface area contributed by atoms with Crippen LogP contribution in [0.3, 0.4) is 0 Å². The number of nitrogens with zero attached hydrogens (tertiary/aromatic N) is 1. The number of aromatic nitrogens is 1. The molecule has 0 spiro atoms. The third-order valence-corrected chi connectivity index (χ3v) is 8.99. The lowest BCUT2D eigenvalue weighted by Crippen LogP contribution is -2.17. The Morgan fingerprint density at radius 2 is 1.46 bits per heavy atom. The number of rotatable bonds is 8. The van der Waals surface area contributed by atoms with Crippen molar-refractivity contribution < 1.29 is 21.6 Å². The molecule has 1 aromatic heterocycles. The Labute approximate surface area is 219 Å². The quantitative estimate of drug-likeness (QED) is 0.282. The van der Waals surface area contributed by atoms with E-state index in [2.05, 4.69) is 19.7 Å². The normalized spacial score (nSPS) is 11.6. The van der Waals surface area contributed by atoms with Gasteiger partial charge in [-0.2, -0.15) is 0 Å². The first kappa shape index (κ1) is 26.3. The molecule has 3 N–H and O–H groups in total. The molecule has 0 aliphatic rings. The zero-order chi connectivity index (χ0) is 26.8. The molecule has 0 fully saturated rings. The zero-order valence-corrected chi connectivity index (χ0v) is 22.6. The molecule has 12 heteroatoms. The maximum Gasteiger partial charge on any atom is 0.263 e.